The minimum atomic E-state index is 0.267. The van der Waals surface area contributed by atoms with E-state index in [1.165, 1.54) is 25.7 Å². The number of hydrogen-bond donors (Lipinski definition) is 0. The standard InChI is InChI=1S/C16H20N4O2/c21-15-11-19(8-9-20(15)13-5-1-2-6-13)10-12-4-3-7-14-16(12)18-22-17-14/h3-4,7,13H,1-2,5-6,8-11H2. The quantitative estimate of drug-likeness (QED) is 0.865. The Morgan fingerprint density at radius 3 is 2.86 bits per heavy atom. The molecule has 1 aromatic heterocycles. The van der Waals surface area contributed by atoms with Crippen molar-refractivity contribution >= 4 is 16.9 Å². The van der Waals surface area contributed by atoms with Gasteiger partial charge in [-0.3, -0.25) is 9.69 Å². The average molecular weight is 300 g/mol. The van der Waals surface area contributed by atoms with Gasteiger partial charge in [0.25, 0.3) is 0 Å². The molecule has 22 heavy (non-hydrogen) atoms. The van der Waals surface area contributed by atoms with Gasteiger partial charge in [-0.1, -0.05) is 25.0 Å². The molecule has 0 unspecified atom stereocenters. The first kappa shape index (κ1) is 13.7. The van der Waals surface area contributed by atoms with Gasteiger partial charge in [-0.15, -0.1) is 0 Å². The Kier molecular flexibility index (Phi) is 3.54. The van der Waals surface area contributed by atoms with E-state index in [-0.39, 0.29) is 5.91 Å². The van der Waals surface area contributed by atoms with Crippen molar-refractivity contribution in [3.05, 3.63) is 23.8 Å². The van der Waals surface area contributed by atoms with Crippen LogP contribution < -0.4 is 0 Å². The van der Waals surface area contributed by atoms with Crippen LogP contribution in [0.25, 0.3) is 11.0 Å². The summed E-state index contributed by atoms with van der Waals surface area (Å²) in [6.07, 6.45) is 4.88. The third-order valence-electron chi connectivity index (χ3n) is 4.87. The molecule has 1 aliphatic heterocycles. The first-order chi connectivity index (χ1) is 10.8. The molecule has 2 heterocycles. The Morgan fingerprint density at radius 2 is 2.05 bits per heavy atom. The van der Waals surface area contributed by atoms with E-state index in [1.54, 1.807) is 0 Å². The molecule has 1 amide bonds. The van der Waals surface area contributed by atoms with Crippen molar-refractivity contribution in [2.75, 3.05) is 19.6 Å². The summed E-state index contributed by atoms with van der Waals surface area (Å²) < 4.78 is 4.81. The summed E-state index contributed by atoms with van der Waals surface area (Å²) in [6, 6.07) is 6.36. The molecule has 0 bridgehead atoms. The third-order valence-corrected chi connectivity index (χ3v) is 4.87. The van der Waals surface area contributed by atoms with E-state index >= 15 is 0 Å². The average Bonchev–Trinajstić information content (AvgIpc) is 3.19. The van der Waals surface area contributed by atoms with Crippen LogP contribution in [0.1, 0.15) is 31.2 Å². The predicted octanol–water partition coefficient (Wildman–Crippen LogP) is 1.81. The number of benzene rings is 1. The fourth-order valence-electron chi connectivity index (χ4n) is 3.70. The Labute approximate surface area is 129 Å². The van der Waals surface area contributed by atoms with E-state index < -0.39 is 0 Å². The van der Waals surface area contributed by atoms with E-state index in [0.717, 1.165) is 36.2 Å². The van der Waals surface area contributed by atoms with Crippen LogP contribution in [0.4, 0.5) is 0 Å². The number of fused-ring (bicyclic) bond motifs is 1. The normalized spacial score (nSPS) is 21.1. The molecule has 6 nitrogen and oxygen atoms in total. The third kappa shape index (κ3) is 2.47. The molecule has 0 radical (unpaired) electrons. The van der Waals surface area contributed by atoms with E-state index in [0.29, 0.717) is 12.6 Å². The maximum Gasteiger partial charge on any atom is 0.237 e. The summed E-state index contributed by atoms with van der Waals surface area (Å²) in [6.45, 7) is 2.98. The van der Waals surface area contributed by atoms with Crippen molar-refractivity contribution in [2.24, 2.45) is 0 Å². The van der Waals surface area contributed by atoms with Gasteiger partial charge in [0.15, 0.2) is 0 Å². The molecular weight excluding hydrogens is 280 g/mol. The molecule has 2 fully saturated rings. The second-order valence-electron chi connectivity index (χ2n) is 6.29. The van der Waals surface area contributed by atoms with E-state index in [9.17, 15) is 4.79 Å². The summed E-state index contributed by atoms with van der Waals surface area (Å²) in [7, 11) is 0. The van der Waals surface area contributed by atoms with Crippen LogP contribution >= 0.6 is 0 Å². The molecule has 1 saturated carbocycles. The van der Waals surface area contributed by atoms with Gasteiger partial charge in [0.1, 0.15) is 11.0 Å². The van der Waals surface area contributed by atoms with Gasteiger partial charge >= 0.3 is 0 Å². The molecule has 0 N–H and O–H groups in total. The Bertz CT molecular complexity index is 678. The summed E-state index contributed by atoms with van der Waals surface area (Å²) in [5.41, 5.74) is 2.64. The Hall–Kier alpha value is -1.95. The molecule has 2 aliphatic rings. The predicted molar refractivity (Wildman–Crippen MR) is 81.1 cm³/mol. The number of nitrogens with zero attached hydrogens (tertiary/aromatic N) is 4. The zero-order valence-electron chi connectivity index (χ0n) is 12.6. The molecule has 116 valence electrons. The monoisotopic (exact) mass is 300 g/mol. The minimum absolute atomic E-state index is 0.267. The molecule has 1 aliphatic carbocycles. The topological polar surface area (TPSA) is 62.5 Å². The zero-order chi connectivity index (χ0) is 14.9. The second kappa shape index (κ2) is 5.68. The molecule has 6 heteroatoms. The highest BCUT2D eigenvalue weighted by molar-refractivity contribution is 5.80. The SMILES string of the molecule is O=C1CN(Cc2cccc3nonc23)CCN1C1CCCC1. The largest absolute Gasteiger partial charge is 0.337 e. The summed E-state index contributed by atoms with van der Waals surface area (Å²) in [4.78, 5) is 16.7. The molecule has 4 rings (SSSR count). The Morgan fingerprint density at radius 1 is 1.18 bits per heavy atom. The van der Waals surface area contributed by atoms with Crippen LogP contribution in [0, 0.1) is 0 Å². The minimum Gasteiger partial charge on any atom is -0.337 e. The lowest BCUT2D eigenvalue weighted by molar-refractivity contribution is -0.138. The maximum absolute atomic E-state index is 12.4. The highest BCUT2D eigenvalue weighted by Gasteiger charge is 2.31. The zero-order valence-corrected chi connectivity index (χ0v) is 12.6. The van der Waals surface area contributed by atoms with Crippen LogP contribution in [0.15, 0.2) is 22.8 Å². The summed E-state index contributed by atoms with van der Waals surface area (Å²) >= 11 is 0. The van der Waals surface area contributed by atoms with Gasteiger partial charge in [0, 0.05) is 25.7 Å². The molecule has 1 saturated heterocycles. The number of amides is 1. The van der Waals surface area contributed by atoms with Gasteiger partial charge in [-0.25, -0.2) is 4.63 Å². The van der Waals surface area contributed by atoms with Crippen molar-refractivity contribution in [1.29, 1.82) is 0 Å². The van der Waals surface area contributed by atoms with Gasteiger partial charge in [-0.05, 0) is 34.8 Å². The van der Waals surface area contributed by atoms with E-state index in [1.807, 2.05) is 18.2 Å². The number of carbonyl (C=O) groups excluding carboxylic acids is 1. The van der Waals surface area contributed by atoms with E-state index in [4.69, 9.17) is 4.63 Å². The number of rotatable bonds is 3. The lowest BCUT2D eigenvalue weighted by Gasteiger charge is -2.37. The smallest absolute Gasteiger partial charge is 0.237 e. The summed E-state index contributed by atoms with van der Waals surface area (Å²) in [5.74, 6) is 0.267. The van der Waals surface area contributed by atoms with Crippen molar-refractivity contribution in [3.63, 3.8) is 0 Å². The van der Waals surface area contributed by atoms with Crippen LogP contribution in [-0.2, 0) is 11.3 Å². The van der Waals surface area contributed by atoms with E-state index in [2.05, 4.69) is 20.1 Å². The number of aromatic nitrogens is 2. The molecule has 1 aromatic carbocycles. The van der Waals surface area contributed by atoms with Crippen molar-refractivity contribution in [2.45, 2.75) is 38.3 Å². The van der Waals surface area contributed by atoms with Crippen LogP contribution in [0.2, 0.25) is 0 Å². The van der Waals surface area contributed by atoms with Gasteiger partial charge in [0.05, 0.1) is 6.54 Å². The summed E-state index contributed by atoms with van der Waals surface area (Å²) in [5, 5.41) is 7.84. The highest BCUT2D eigenvalue weighted by Crippen LogP contribution is 2.25. The fraction of sp³-hybridized carbons (Fsp3) is 0.562. The highest BCUT2D eigenvalue weighted by atomic mass is 16.6. The number of piperazine rings is 1. The van der Waals surface area contributed by atoms with Crippen LogP contribution in [0.5, 0.6) is 0 Å². The first-order valence-electron chi connectivity index (χ1n) is 8.03. The Balaban J connectivity index is 1.45. The number of carbonyl (C=O) groups is 1. The van der Waals surface area contributed by atoms with Crippen LogP contribution in [-0.4, -0.2) is 51.7 Å². The fourth-order valence-corrected chi connectivity index (χ4v) is 3.70. The molecule has 0 spiro atoms. The maximum atomic E-state index is 12.4. The lowest BCUT2D eigenvalue weighted by Crippen LogP contribution is -2.53. The van der Waals surface area contributed by atoms with Gasteiger partial charge in [0.2, 0.25) is 5.91 Å². The van der Waals surface area contributed by atoms with Crippen molar-refractivity contribution in [3.8, 4) is 0 Å². The van der Waals surface area contributed by atoms with Crippen molar-refractivity contribution in [1.82, 2.24) is 20.1 Å². The molecular formula is C16H20N4O2. The lowest BCUT2D eigenvalue weighted by atomic mass is 10.1. The first-order valence-corrected chi connectivity index (χ1v) is 8.03. The van der Waals surface area contributed by atoms with Gasteiger partial charge in [-0.2, -0.15) is 0 Å². The van der Waals surface area contributed by atoms with Crippen molar-refractivity contribution < 1.29 is 9.42 Å². The van der Waals surface area contributed by atoms with Gasteiger partial charge < -0.3 is 4.90 Å². The number of hydrogen-bond acceptors (Lipinski definition) is 5. The molecule has 0 atom stereocenters. The van der Waals surface area contributed by atoms with Crippen LogP contribution in [0.3, 0.4) is 0 Å². The molecule has 2 aromatic rings. The second-order valence-corrected chi connectivity index (χ2v) is 6.29.